The third kappa shape index (κ3) is 5.24. The average molecular weight is 222 g/mol. The van der Waals surface area contributed by atoms with Crippen molar-refractivity contribution in [3.8, 4) is 0 Å². The van der Waals surface area contributed by atoms with E-state index in [9.17, 15) is 5.11 Å². The molecule has 0 bridgehead atoms. The molecule has 0 aromatic carbocycles. The molecule has 0 aliphatic carbocycles. The summed E-state index contributed by atoms with van der Waals surface area (Å²) >= 11 is 0. The van der Waals surface area contributed by atoms with E-state index >= 15 is 0 Å². The normalized spacial score (nSPS) is 13.8. The Labute approximate surface area is 97.9 Å². The quantitative estimate of drug-likeness (QED) is 0.800. The number of rotatable bonds is 5. The maximum Gasteiger partial charge on any atom is 0.0584 e. The van der Waals surface area contributed by atoms with Gasteiger partial charge in [-0.2, -0.15) is 0 Å². The first-order chi connectivity index (χ1) is 7.51. The van der Waals surface area contributed by atoms with Crippen molar-refractivity contribution >= 4 is 0 Å². The number of pyridine rings is 1. The molecule has 2 N–H and O–H groups in total. The van der Waals surface area contributed by atoms with Crippen LogP contribution in [0.25, 0.3) is 0 Å². The summed E-state index contributed by atoms with van der Waals surface area (Å²) in [5, 5.41) is 12.6. The van der Waals surface area contributed by atoms with Crippen molar-refractivity contribution in [3.63, 3.8) is 0 Å². The van der Waals surface area contributed by atoms with Crippen LogP contribution in [0.4, 0.5) is 0 Å². The zero-order chi connectivity index (χ0) is 12.0. The van der Waals surface area contributed by atoms with E-state index in [0.29, 0.717) is 0 Å². The van der Waals surface area contributed by atoms with Gasteiger partial charge in [-0.05, 0) is 23.5 Å². The second-order valence-corrected chi connectivity index (χ2v) is 5.39. The van der Waals surface area contributed by atoms with E-state index in [1.165, 1.54) is 0 Å². The van der Waals surface area contributed by atoms with Crippen LogP contribution >= 0.6 is 0 Å². The van der Waals surface area contributed by atoms with E-state index in [1.807, 2.05) is 18.3 Å². The van der Waals surface area contributed by atoms with Crippen LogP contribution in [0.15, 0.2) is 24.5 Å². The Morgan fingerprint density at radius 1 is 1.44 bits per heavy atom. The lowest BCUT2D eigenvalue weighted by Crippen LogP contribution is -2.35. The van der Waals surface area contributed by atoms with Crippen LogP contribution in [-0.2, 0) is 6.54 Å². The summed E-state index contributed by atoms with van der Waals surface area (Å²) in [7, 11) is 0. The second kappa shape index (κ2) is 5.97. The van der Waals surface area contributed by atoms with Gasteiger partial charge in [0.15, 0.2) is 0 Å². The molecule has 0 amide bonds. The Balaban J connectivity index is 2.40. The van der Waals surface area contributed by atoms with Gasteiger partial charge in [-0.3, -0.25) is 4.98 Å². The fourth-order valence-electron chi connectivity index (χ4n) is 1.71. The highest BCUT2D eigenvalue weighted by Crippen LogP contribution is 2.20. The summed E-state index contributed by atoms with van der Waals surface area (Å²) in [5.41, 5.74) is 1.38. The Bertz CT molecular complexity index is 293. The highest BCUT2D eigenvalue weighted by Gasteiger charge is 2.17. The minimum atomic E-state index is 0.153. The summed E-state index contributed by atoms with van der Waals surface area (Å²) in [4.78, 5) is 4.06. The first-order valence-electron chi connectivity index (χ1n) is 5.74. The van der Waals surface area contributed by atoms with Crippen molar-refractivity contribution in [2.24, 2.45) is 5.41 Å². The van der Waals surface area contributed by atoms with Crippen LogP contribution in [0, 0.1) is 5.41 Å². The van der Waals surface area contributed by atoms with Gasteiger partial charge in [0.2, 0.25) is 0 Å². The van der Waals surface area contributed by atoms with Gasteiger partial charge < -0.3 is 10.4 Å². The van der Waals surface area contributed by atoms with Gasteiger partial charge in [0.05, 0.1) is 6.61 Å². The molecule has 0 aliphatic heterocycles. The van der Waals surface area contributed by atoms with Gasteiger partial charge in [-0.25, -0.2) is 0 Å². The van der Waals surface area contributed by atoms with Crippen LogP contribution in [0.1, 0.15) is 32.8 Å². The van der Waals surface area contributed by atoms with E-state index in [1.54, 1.807) is 6.20 Å². The lowest BCUT2D eigenvalue weighted by molar-refractivity contribution is 0.198. The smallest absolute Gasteiger partial charge is 0.0584 e. The molecule has 3 nitrogen and oxygen atoms in total. The SMILES string of the molecule is CC(C)(C)CC(CO)NCc1cccnc1. The third-order valence-corrected chi connectivity index (χ3v) is 2.40. The average Bonchev–Trinajstić information content (AvgIpc) is 2.24. The van der Waals surface area contributed by atoms with Crippen LogP contribution in [-0.4, -0.2) is 22.7 Å². The summed E-state index contributed by atoms with van der Waals surface area (Å²) in [6.07, 6.45) is 4.57. The number of nitrogens with one attached hydrogen (secondary N) is 1. The molecule has 0 aliphatic rings. The van der Waals surface area contributed by atoms with Gasteiger partial charge in [0.25, 0.3) is 0 Å². The number of hydrogen-bond donors (Lipinski definition) is 2. The first kappa shape index (κ1) is 13.1. The number of nitrogens with zero attached hydrogens (tertiary/aromatic N) is 1. The van der Waals surface area contributed by atoms with Crippen molar-refractivity contribution in [1.29, 1.82) is 0 Å². The lowest BCUT2D eigenvalue weighted by Gasteiger charge is -2.25. The van der Waals surface area contributed by atoms with Crippen molar-refractivity contribution in [2.45, 2.75) is 39.8 Å². The van der Waals surface area contributed by atoms with Crippen molar-refractivity contribution < 1.29 is 5.11 Å². The molecule has 1 rings (SSSR count). The van der Waals surface area contributed by atoms with Crippen LogP contribution in [0.3, 0.4) is 0 Å². The number of aliphatic hydroxyl groups is 1. The summed E-state index contributed by atoms with van der Waals surface area (Å²) in [6.45, 7) is 7.48. The molecule has 90 valence electrons. The molecule has 0 spiro atoms. The van der Waals surface area contributed by atoms with Crippen molar-refractivity contribution in [2.75, 3.05) is 6.61 Å². The zero-order valence-electron chi connectivity index (χ0n) is 10.4. The molecule has 3 heteroatoms. The predicted molar refractivity (Wildman–Crippen MR) is 66.0 cm³/mol. The van der Waals surface area contributed by atoms with Crippen LogP contribution < -0.4 is 5.32 Å². The molecule has 0 saturated carbocycles. The molecule has 1 aromatic heterocycles. The summed E-state index contributed by atoms with van der Waals surface area (Å²) in [6, 6.07) is 4.11. The van der Waals surface area contributed by atoms with E-state index < -0.39 is 0 Å². The minimum absolute atomic E-state index is 0.153. The first-order valence-corrected chi connectivity index (χ1v) is 5.74. The van der Waals surface area contributed by atoms with E-state index in [2.05, 4.69) is 31.1 Å². The van der Waals surface area contributed by atoms with Crippen LogP contribution in [0.5, 0.6) is 0 Å². The standard InChI is InChI=1S/C13H22N2O/c1-13(2,3)7-12(10-16)15-9-11-5-4-6-14-8-11/h4-6,8,12,15-16H,7,9-10H2,1-3H3. The van der Waals surface area contributed by atoms with Crippen molar-refractivity contribution in [1.82, 2.24) is 10.3 Å². The highest BCUT2D eigenvalue weighted by molar-refractivity contribution is 5.08. The maximum atomic E-state index is 9.29. The zero-order valence-corrected chi connectivity index (χ0v) is 10.4. The molecule has 0 saturated heterocycles. The van der Waals surface area contributed by atoms with Gasteiger partial charge in [0, 0.05) is 25.0 Å². The van der Waals surface area contributed by atoms with Gasteiger partial charge in [-0.1, -0.05) is 26.8 Å². The minimum Gasteiger partial charge on any atom is -0.395 e. The van der Waals surface area contributed by atoms with Gasteiger partial charge in [0.1, 0.15) is 0 Å². The summed E-state index contributed by atoms with van der Waals surface area (Å²) < 4.78 is 0. The fourth-order valence-corrected chi connectivity index (χ4v) is 1.71. The predicted octanol–water partition coefficient (Wildman–Crippen LogP) is 1.97. The van der Waals surface area contributed by atoms with Gasteiger partial charge in [-0.15, -0.1) is 0 Å². The number of aliphatic hydroxyl groups excluding tert-OH is 1. The monoisotopic (exact) mass is 222 g/mol. The largest absolute Gasteiger partial charge is 0.395 e. The molecule has 16 heavy (non-hydrogen) atoms. The van der Waals surface area contributed by atoms with Crippen LogP contribution in [0.2, 0.25) is 0 Å². The maximum absolute atomic E-state index is 9.29. The fraction of sp³-hybridized carbons (Fsp3) is 0.615. The topological polar surface area (TPSA) is 45.1 Å². The molecule has 1 heterocycles. The Kier molecular flexibility index (Phi) is 4.90. The van der Waals surface area contributed by atoms with Crippen molar-refractivity contribution in [3.05, 3.63) is 30.1 Å². The second-order valence-electron chi connectivity index (χ2n) is 5.39. The third-order valence-electron chi connectivity index (χ3n) is 2.40. The summed E-state index contributed by atoms with van der Waals surface area (Å²) in [5.74, 6) is 0. The Morgan fingerprint density at radius 2 is 2.19 bits per heavy atom. The van der Waals surface area contributed by atoms with E-state index in [4.69, 9.17) is 0 Å². The number of hydrogen-bond acceptors (Lipinski definition) is 3. The molecule has 0 fully saturated rings. The Hall–Kier alpha value is -0.930. The van der Waals surface area contributed by atoms with Gasteiger partial charge >= 0.3 is 0 Å². The molecule has 1 aromatic rings. The molecule has 1 unspecified atom stereocenters. The molecule has 0 radical (unpaired) electrons. The molecule has 1 atom stereocenters. The molecular weight excluding hydrogens is 200 g/mol. The molecular formula is C13H22N2O. The highest BCUT2D eigenvalue weighted by atomic mass is 16.3. The Morgan fingerprint density at radius 3 is 2.69 bits per heavy atom. The lowest BCUT2D eigenvalue weighted by atomic mass is 9.88. The number of aromatic nitrogens is 1. The van der Waals surface area contributed by atoms with E-state index in [-0.39, 0.29) is 18.1 Å². The van der Waals surface area contributed by atoms with E-state index in [0.717, 1.165) is 18.5 Å².